The van der Waals surface area contributed by atoms with E-state index >= 15 is 0 Å². The average molecular weight is 501 g/mol. The van der Waals surface area contributed by atoms with Gasteiger partial charge in [-0.1, -0.05) is 35.9 Å². The highest BCUT2D eigenvalue weighted by atomic mass is 35.5. The fourth-order valence-corrected chi connectivity index (χ4v) is 5.03. The van der Waals surface area contributed by atoms with Crippen molar-refractivity contribution in [3.05, 3.63) is 82.4 Å². The van der Waals surface area contributed by atoms with Crippen LogP contribution in [0.4, 0.5) is 5.69 Å². The molecule has 0 aliphatic carbocycles. The SMILES string of the molecule is Cc1cc(S(=O)(=O)Nc2cccc(-c3ccc(C(=O)NC(C)CC(=O)O)cc3)c2)c(C)cc1Cl. The number of benzene rings is 3. The standard InChI is InChI=1S/C25H25ClN2O5S/c1-15-12-23(16(2)11-22(15)26)34(32,33)28-21-6-4-5-20(14-21)18-7-9-19(10-8-18)25(31)27-17(3)13-24(29)30/h4-12,14,17,28H,13H2,1-3H3,(H,27,31)(H,29,30). The maximum atomic E-state index is 13.0. The van der Waals surface area contributed by atoms with Crippen molar-refractivity contribution in [2.24, 2.45) is 0 Å². The lowest BCUT2D eigenvalue weighted by Gasteiger charge is -2.13. The van der Waals surface area contributed by atoms with Crippen LogP contribution in [0.25, 0.3) is 11.1 Å². The number of carbonyl (C=O) groups is 2. The van der Waals surface area contributed by atoms with Crippen molar-refractivity contribution in [3.63, 3.8) is 0 Å². The Kier molecular flexibility index (Phi) is 7.64. The van der Waals surface area contributed by atoms with Crippen molar-refractivity contribution < 1.29 is 23.1 Å². The first-order valence-electron chi connectivity index (χ1n) is 10.5. The molecule has 3 N–H and O–H groups in total. The van der Waals surface area contributed by atoms with Gasteiger partial charge in [0.25, 0.3) is 15.9 Å². The normalized spacial score (nSPS) is 12.1. The molecule has 178 valence electrons. The van der Waals surface area contributed by atoms with Gasteiger partial charge in [0.2, 0.25) is 0 Å². The number of carboxylic acid groups (broad SMARTS) is 1. The zero-order chi connectivity index (χ0) is 25.0. The number of nitrogens with one attached hydrogen (secondary N) is 2. The Hall–Kier alpha value is -3.36. The van der Waals surface area contributed by atoms with Gasteiger partial charge in [0, 0.05) is 22.3 Å². The molecule has 0 saturated heterocycles. The summed E-state index contributed by atoms with van der Waals surface area (Å²) in [7, 11) is -3.82. The fourth-order valence-electron chi connectivity index (χ4n) is 3.45. The zero-order valence-corrected chi connectivity index (χ0v) is 20.5. The highest BCUT2D eigenvalue weighted by molar-refractivity contribution is 7.92. The van der Waals surface area contributed by atoms with Crippen molar-refractivity contribution in [1.29, 1.82) is 0 Å². The number of aliphatic carboxylic acids is 1. The van der Waals surface area contributed by atoms with Crippen molar-refractivity contribution in [2.75, 3.05) is 4.72 Å². The Labute approximate surface area is 203 Å². The molecule has 34 heavy (non-hydrogen) atoms. The molecule has 0 radical (unpaired) electrons. The molecule has 0 aliphatic heterocycles. The molecule has 7 nitrogen and oxygen atoms in total. The van der Waals surface area contributed by atoms with E-state index < -0.39 is 22.0 Å². The van der Waals surface area contributed by atoms with E-state index in [1.165, 1.54) is 0 Å². The molecule has 0 spiro atoms. The van der Waals surface area contributed by atoms with Crippen LogP contribution in [0.1, 0.15) is 34.8 Å². The van der Waals surface area contributed by atoms with E-state index in [4.69, 9.17) is 16.7 Å². The third-order valence-corrected chi connectivity index (χ3v) is 7.13. The van der Waals surface area contributed by atoms with E-state index in [9.17, 15) is 18.0 Å². The lowest BCUT2D eigenvalue weighted by atomic mass is 10.0. The lowest BCUT2D eigenvalue weighted by molar-refractivity contribution is -0.137. The van der Waals surface area contributed by atoms with Crippen LogP contribution >= 0.6 is 11.6 Å². The quantitative estimate of drug-likeness (QED) is 0.402. The molecule has 3 aromatic carbocycles. The Morgan fingerprint density at radius 2 is 1.65 bits per heavy atom. The number of carboxylic acids is 1. The van der Waals surface area contributed by atoms with Crippen LogP contribution in [0.15, 0.2) is 65.6 Å². The Bertz CT molecular complexity index is 1340. The molecule has 0 aromatic heterocycles. The fraction of sp³-hybridized carbons (Fsp3) is 0.200. The maximum Gasteiger partial charge on any atom is 0.305 e. The molecule has 9 heteroatoms. The van der Waals surface area contributed by atoms with Crippen LogP contribution in [-0.2, 0) is 14.8 Å². The summed E-state index contributed by atoms with van der Waals surface area (Å²) in [5, 5.41) is 12.0. The molecule has 0 saturated carbocycles. The number of hydrogen-bond donors (Lipinski definition) is 3. The van der Waals surface area contributed by atoms with Crippen LogP contribution in [0.3, 0.4) is 0 Å². The number of carbonyl (C=O) groups excluding carboxylic acids is 1. The minimum atomic E-state index is -3.82. The van der Waals surface area contributed by atoms with Crippen LogP contribution in [0.2, 0.25) is 5.02 Å². The number of amides is 1. The van der Waals surface area contributed by atoms with Crippen molar-refractivity contribution in [2.45, 2.75) is 38.1 Å². The Balaban J connectivity index is 1.78. The zero-order valence-electron chi connectivity index (χ0n) is 18.9. The van der Waals surface area contributed by atoms with E-state index in [-0.39, 0.29) is 17.2 Å². The van der Waals surface area contributed by atoms with Crippen molar-refractivity contribution in [1.82, 2.24) is 5.32 Å². The van der Waals surface area contributed by atoms with Gasteiger partial charge in [-0.25, -0.2) is 8.42 Å². The molecular formula is C25H25ClN2O5S. The van der Waals surface area contributed by atoms with Crippen LogP contribution < -0.4 is 10.0 Å². The van der Waals surface area contributed by atoms with E-state index in [1.807, 2.05) is 6.07 Å². The summed E-state index contributed by atoms with van der Waals surface area (Å²) in [6.45, 7) is 5.06. The van der Waals surface area contributed by atoms with Gasteiger partial charge in [-0.3, -0.25) is 14.3 Å². The first kappa shape index (κ1) is 25.3. The number of rotatable bonds is 8. The van der Waals surface area contributed by atoms with Crippen molar-refractivity contribution >= 4 is 39.2 Å². The molecule has 3 rings (SSSR count). The summed E-state index contributed by atoms with van der Waals surface area (Å²) in [6.07, 6.45) is -0.165. The summed E-state index contributed by atoms with van der Waals surface area (Å²) < 4.78 is 28.6. The van der Waals surface area contributed by atoms with Gasteiger partial charge in [-0.2, -0.15) is 0 Å². The minimum Gasteiger partial charge on any atom is -0.481 e. The molecule has 0 fully saturated rings. The Morgan fingerprint density at radius 1 is 0.971 bits per heavy atom. The summed E-state index contributed by atoms with van der Waals surface area (Å²) in [6, 6.07) is 16.4. The predicted molar refractivity (Wildman–Crippen MR) is 133 cm³/mol. The van der Waals surface area contributed by atoms with Gasteiger partial charge in [-0.05, 0) is 79.4 Å². The van der Waals surface area contributed by atoms with Crippen LogP contribution in [0, 0.1) is 13.8 Å². The second-order valence-corrected chi connectivity index (χ2v) is 10.2. The number of sulfonamides is 1. The highest BCUT2D eigenvalue weighted by Crippen LogP contribution is 2.28. The first-order chi connectivity index (χ1) is 16.0. The summed E-state index contributed by atoms with van der Waals surface area (Å²) >= 11 is 6.10. The molecule has 1 amide bonds. The average Bonchev–Trinajstić information content (AvgIpc) is 2.75. The van der Waals surface area contributed by atoms with E-state index in [0.717, 1.165) is 11.1 Å². The molecule has 0 heterocycles. The Morgan fingerprint density at radius 3 is 2.29 bits per heavy atom. The number of halogens is 1. The second kappa shape index (κ2) is 10.3. The monoisotopic (exact) mass is 500 g/mol. The molecule has 0 bridgehead atoms. The van der Waals surface area contributed by atoms with Gasteiger partial charge < -0.3 is 10.4 Å². The molecular weight excluding hydrogens is 476 g/mol. The molecule has 1 atom stereocenters. The van der Waals surface area contributed by atoms with Gasteiger partial charge in [0.05, 0.1) is 11.3 Å². The van der Waals surface area contributed by atoms with Gasteiger partial charge in [0.1, 0.15) is 0 Å². The number of aryl methyl sites for hydroxylation is 2. The van der Waals surface area contributed by atoms with E-state index in [1.54, 1.807) is 75.4 Å². The largest absolute Gasteiger partial charge is 0.481 e. The highest BCUT2D eigenvalue weighted by Gasteiger charge is 2.19. The summed E-state index contributed by atoms with van der Waals surface area (Å²) in [4.78, 5) is 23.2. The van der Waals surface area contributed by atoms with Crippen molar-refractivity contribution in [3.8, 4) is 11.1 Å². The minimum absolute atomic E-state index is 0.160. The number of hydrogen-bond acceptors (Lipinski definition) is 4. The van der Waals surface area contributed by atoms with Gasteiger partial charge in [0.15, 0.2) is 0 Å². The molecule has 1 unspecified atom stereocenters. The smallest absolute Gasteiger partial charge is 0.305 e. The summed E-state index contributed by atoms with van der Waals surface area (Å²) in [5.41, 5.74) is 3.55. The van der Waals surface area contributed by atoms with E-state index in [0.29, 0.717) is 27.4 Å². The van der Waals surface area contributed by atoms with Crippen LogP contribution in [0.5, 0.6) is 0 Å². The van der Waals surface area contributed by atoms with Gasteiger partial charge >= 0.3 is 5.97 Å². The maximum absolute atomic E-state index is 13.0. The first-order valence-corrected chi connectivity index (χ1v) is 12.3. The van der Waals surface area contributed by atoms with E-state index in [2.05, 4.69) is 10.0 Å². The molecule has 0 aliphatic rings. The third-order valence-electron chi connectivity index (χ3n) is 5.20. The third kappa shape index (κ3) is 6.15. The lowest BCUT2D eigenvalue weighted by Crippen LogP contribution is -2.34. The van der Waals surface area contributed by atoms with Gasteiger partial charge in [-0.15, -0.1) is 0 Å². The van der Waals surface area contributed by atoms with Crippen LogP contribution in [-0.4, -0.2) is 31.4 Å². The molecule has 3 aromatic rings. The number of anilines is 1. The topological polar surface area (TPSA) is 113 Å². The second-order valence-electron chi connectivity index (χ2n) is 8.10. The predicted octanol–water partition coefficient (Wildman–Crippen LogP) is 5.02. The summed E-state index contributed by atoms with van der Waals surface area (Å²) in [5.74, 6) is -1.35.